The highest BCUT2D eigenvalue weighted by Gasteiger charge is 2.32. The van der Waals surface area contributed by atoms with Crippen molar-refractivity contribution in [2.24, 2.45) is 0 Å². The summed E-state index contributed by atoms with van der Waals surface area (Å²) in [6.07, 6.45) is 0.0847. The average molecular weight is 243 g/mol. The molecule has 1 N–H and O–H groups in total. The van der Waals surface area contributed by atoms with Crippen LogP contribution in [-0.2, 0) is 6.42 Å². The van der Waals surface area contributed by atoms with Crippen LogP contribution in [0.5, 0.6) is 11.5 Å². The number of aliphatic hydroxyl groups is 1. The maximum atomic E-state index is 9.35. The maximum Gasteiger partial charge on any atom is 0.246 e. The van der Waals surface area contributed by atoms with Gasteiger partial charge in [0, 0.05) is 24.9 Å². The lowest BCUT2D eigenvalue weighted by atomic mass is 10.1. The minimum Gasteiger partial charge on any atom is -0.449 e. The second-order valence-electron chi connectivity index (χ2n) is 4.55. The smallest absolute Gasteiger partial charge is 0.246 e. The molecule has 1 aromatic carbocycles. The molecule has 1 heterocycles. The number of aliphatic hydroxyl groups excluding tert-OH is 1. The fourth-order valence-corrected chi connectivity index (χ4v) is 1.99. The first-order valence-corrected chi connectivity index (χ1v) is 5.64. The van der Waals surface area contributed by atoms with E-state index in [4.69, 9.17) is 21.1 Å². The summed E-state index contributed by atoms with van der Waals surface area (Å²) in [6.45, 7) is 5.41. The van der Waals surface area contributed by atoms with Gasteiger partial charge >= 0.3 is 0 Å². The molecule has 0 fully saturated rings. The summed E-state index contributed by atoms with van der Waals surface area (Å²) in [6, 6.07) is 3.57. The second-order valence-corrected chi connectivity index (χ2v) is 4.95. The SMILES string of the molecule is CC(O)Cc1cc2c(cc1Cl)OC(C)(C)O2. The lowest BCUT2D eigenvalue weighted by Crippen LogP contribution is -2.29. The molecule has 0 saturated heterocycles. The zero-order chi connectivity index (χ0) is 11.9. The number of rotatable bonds is 2. The normalized spacial score (nSPS) is 18.6. The molecule has 0 spiro atoms. The monoisotopic (exact) mass is 242 g/mol. The van der Waals surface area contributed by atoms with E-state index in [0.717, 1.165) is 5.56 Å². The van der Waals surface area contributed by atoms with E-state index in [2.05, 4.69) is 0 Å². The van der Waals surface area contributed by atoms with Gasteiger partial charge in [-0.15, -0.1) is 0 Å². The van der Waals surface area contributed by atoms with Gasteiger partial charge in [0.2, 0.25) is 5.79 Å². The number of hydrogen-bond acceptors (Lipinski definition) is 3. The molecule has 1 aromatic rings. The van der Waals surface area contributed by atoms with Crippen molar-refractivity contribution in [3.63, 3.8) is 0 Å². The molecule has 0 radical (unpaired) electrons. The van der Waals surface area contributed by atoms with Crippen LogP contribution < -0.4 is 9.47 Å². The van der Waals surface area contributed by atoms with Crippen LogP contribution in [0, 0.1) is 0 Å². The Kier molecular flexibility index (Phi) is 2.76. The standard InChI is InChI=1S/C12H15ClO3/c1-7(14)4-8-5-10-11(6-9(8)13)16-12(2,3)15-10/h5-7,14H,4H2,1-3H3. The van der Waals surface area contributed by atoms with Crippen LogP contribution in [0.25, 0.3) is 0 Å². The maximum absolute atomic E-state index is 9.35. The predicted octanol–water partition coefficient (Wildman–Crippen LogP) is 2.77. The van der Waals surface area contributed by atoms with E-state index >= 15 is 0 Å². The van der Waals surface area contributed by atoms with Gasteiger partial charge in [-0.05, 0) is 25.0 Å². The Morgan fingerprint density at radius 2 is 1.88 bits per heavy atom. The van der Waals surface area contributed by atoms with Gasteiger partial charge in [-0.25, -0.2) is 0 Å². The van der Waals surface area contributed by atoms with Crippen LogP contribution in [0.1, 0.15) is 26.3 Å². The van der Waals surface area contributed by atoms with Gasteiger partial charge in [0.25, 0.3) is 0 Å². The Hall–Kier alpha value is -0.930. The lowest BCUT2D eigenvalue weighted by Gasteiger charge is -2.16. The summed E-state index contributed by atoms with van der Waals surface area (Å²) in [5.74, 6) is 0.698. The Balaban J connectivity index is 2.33. The van der Waals surface area contributed by atoms with Crippen LogP contribution in [0.3, 0.4) is 0 Å². The van der Waals surface area contributed by atoms with Crippen molar-refractivity contribution in [3.05, 3.63) is 22.7 Å². The Labute approximate surface area is 99.9 Å². The van der Waals surface area contributed by atoms with Crippen molar-refractivity contribution in [2.45, 2.75) is 39.1 Å². The summed E-state index contributed by atoms with van der Waals surface area (Å²) in [7, 11) is 0. The third-order valence-corrected chi connectivity index (χ3v) is 2.69. The number of benzene rings is 1. The van der Waals surface area contributed by atoms with Crippen molar-refractivity contribution >= 4 is 11.6 Å². The first kappa shape index (κ1) is 11.6. The van der Waals surface area contributed by atoms with Crippen molar-refractivity contribution in [2.75, 3.05) is 0 Å². The molecule has 4 heteroatoms. The number of halogens is 1. The first-order valence-electron chi connectivity index (χ1n) is 5.26. The molecule has 1 aliphatic heterocycles. The van der Waals surface area contributed by atoms with Gasteiger partial charge in [0.15, 0.2) is 11.5 Å². The Bertz CT molecular complexity index is 412. The van der Waals surface area contributed by atoms with E-state index in [-0.39, 0.29) is 0 Å². The van der Waals surface area contributed by atoms with Crippen molar-refractivity contribution in [3.8, 4) is 11.5 Å². The molecule has 1 aliphatic rings. The van der Waals surface area contributed by atoms with Crippen LogP contribution in [0.15, 0.2) is 12.1 Å². The molecule has 0 amide bonds. The van der Waals surface area contributed by atoms with Gasteiger partial charge in [-0.1, -0.05) is 11.6 Å². The molecule has 16 heavy (non-hydrogen) atoms. The molecule has 0 bridgehead atoms. The molecular weight excluding hydrogens is 228 g/mol. The molecule has 3 nitrogen and oxygen atoms in total. The van der Waals surface area contributed by atoms with E-state index in [0.29, 0.717) is 22.9 Å². The highest BCUT2D eigenvalue weighted by atomic mass is 35.5. The van der Waals surface area contributed by atoms with Gasteiger partial charge in [0.1, 0.15) is 0 Å². The lowest BCUT2D eigenvalue weighted by molar-refractivity contribution is -0.0431. The second kappa shape index (κ2) is 3.82. The van der Waals surface area contributed by atoms with Crippen LogP contribution >= 0.6 is 11.6 Å². The third kappa shape index (κ3) is 2.25. The van der Waals surface area contributed by atoms with Gasteiger partial charge in [0.05, 0.1) is 6.10 Å². The molecule has 88 valence electrons. The molecule has 1 unspecified atom stereocenters. The van der Waals surface area contributed by atoms with Crippen molar-refractivity contribution in [1.29, 1.82) is 0 Å². The van der Waals surface area contributed by atoms with Gasteiger partial charge < -0.3 is 14.6 Å². The van der Waals surface area contributed by atoms with E-state index < -0.39 is 11.9 Å². The Morgan fingerprint density at radius 1 is 1.31 bits per heavy atom. The topological polar surface area (TPSA) is 38.7 Å². The molecule has 1 atom stereocenters. The summed E-state index contributed by atoms with van der Waals surface area (Å²) < 4.78 is 11.2. The fraction of sp³-hybridized carbons (Fsp3) is 0.500. The molecule has 2 rings (SSSR count). The molecule has 0 aliphatic carbocycles. The minimum atomic E-state index is -0.644. The molecule has 0 saturated carbocycles. The largest absolute Gasteiger partial charge is 0.449 e. The first-order chi connectivity index (χ1) is 7.37. The summed E-state index contributed by atoms with van der Waals surface area (Å²) in [4.78, 5) is 0. The van der Waals surface area contributed by atoms with E-state index in [9.17, 15) is 5.11 Å². The van der Waals surface area contributed by atoms with E-state index in [1.54, 1.807) is 13.0 Å². The van der Waals surface area contributed by atoms with Gasteiger partial charge in [-0.3, -0.25) is 0 Å². The molecular formula is C12H15ClO3. The van der Waals surface area contributed by atoms with E-state index in [1.807, 2.05) is 19.9 Å². The third-order valence-electron chi connectivity index (χ3n) is 2.34. The Morgan fingerprint density at radius 3 is 2.44 bits per heavy atom. The summed E-state index contributed by atoms with van der Waals surface area (Å²) in [5, 5.41) is 9.95. The predicted molar refractivity (Wildman–Crippen MR) is 62.2 cm³/mol. The van der Waals surface area contributed by atoms with Crippen LogP contribution in [0.4, 0.5) is 0 Å². The highest BCUT2D eigenvalue weighted by Crippen LogP contribution is 2.42. The van der Waals surface area contributed by atoms with Crippen LogP contribution in [-0.4, -0.2) is 17.0 Å². The molecule has 0 aromatic heterocycles. The van der Waals surface area contributed by atoms with Crippen molar-refractivity contribution in [1.82, 2.24) is 0 Å². The quantitative estimate of drug-likeness (QED) is 0.867. The van der Waals surface area contributed by atoms with Crippen molar-refractivity contribution < 1.29 is 14.6 Å². The highest BCUT2D eigenvalue weighted by molar-refractivity contribution is 6.31. The number of hydrogen-bond donors (Lipinski definition) is 1. The number of ether oxygens (including phenoxy) is 2. The zero-order valence-electron chi connectivity index (χ0n) is 9.58. The average Bonchev–Trinajstić information content (AvgIpc) is 2.38. The summed E-state index contributed by atoms with van der Waals surface area (Å²) in [5.41, 5.74) is 0.872. The summed E-state index contributed by atoms with van der Waals surface area (Å²) >= 11 is 6.10. The minimum absolute atomic E-state index is 0.425. The van der Waals surface area contributed by atoms with Gasteiger partial charge in [-0.2, -0.15) is 0 Å². The zero-order valence-corrected chi connectivity index (χ0v) is 10.3. The fourth-order valence-electron chi connectivity index (χ4n) is 1.76. The van der Waals surface area contributed by atoms with Crippen LogP contribution in [0.2, 0.25) is 5.02 Å². The van der Waals surface area contributed by atoms with E-state index in [1.165, 1.54) is 0 Å². The number of fused-ring (bicyclic) bond motifs is 1.